The monoisotopic (exact) mass is 331 g/mol. The fourth-order valence-corrected chi connectivity index (χ4v) is 3.06. The van der Waals surface area contributed by atoms with Crippen molar-refractivity contribution in [3.05, 3.63) is 35.7 Å². The molecule has 0 radical (unpaired) electrons. The van der Waals surface area contributed by atoms with Crippen molar-refractivity contribution in [2.45, 2.75) is 39.9 Å². The minimum Gasteiger partial charge on any atom is -0.361 e. The average molecular weight is 331 g/mol. The van der Waals surface area contributed by atoms with Gasteiger partial charge in [-0.3, -0.25) is 4.79 Å². The first kappa shape index (κ1) is 16.7. The normalized spacial score (nSPS) is 18.1. The number of imidazole rings is 1. The Morgan fingerprint density at radius 3 is 2.92 bits per heavy atom. The van der Waals surface area contributed by atoms with Crippen molar-refractivity contribution in [3.63, 3.8) is 0 Å². The zero-order valence-electron chi connectivity index (χ0n) is 14.8. The maximum Gasteiger partial charge on any atom is 0.276 e. The summed E-state index contributed by atoms with van der Waals surface area (Å²) in [4.78, 5) is 21.4. The molecule has 2 aromatic heterocycles. The minimum atomic E-state index is -0.0968. The summed E-state index contributed by atoms with van der Waals surface area (Å²) in [7, 11) is 2.12. The van der Waals surface area contributed by atoms with E-state index in [4.69, 9.17) is 4.52 Å². The Balaban J connectivity index is 1.82. The molecule has 1 aliphatic rings. The molecule has 24 heavy (non-hydrogen) atoms. The zero-order valence-corrected chi connectivity index (χ0v) is 14.8. The van der Waals surface area contributed by atoms with E-state index in [1.54, 1.807) is 19.2 Å². The van der Waals surface area contributed by atoms with Crippen molar-refractivity contribution in [2.75, 3.05) is 20.1 Å². The molecular weight excluding hydrogens is 306 g/mol. The van der Waals surface area contributed by atoms with Gasteiger partial charge in [0.05, 0.1) is 6.54 Å². The molecule has 2 aromatic rings. The summed E-state index contributed by atoms with van der Waals surface area (Å²) in [6.45, 7) is 9.13. The van der Waals surface area contributed by atoms with Crippen LogP contribution in [0.25, 0.3) is 0 Å². The largest absolute Gasteiger partial charge is 0.361 e. The third-order valence-corrected chi connectivity index (χ3v) is 4.63. The number of fused-ring (bicyclic) bond motifs is 1. The van der Waals surface area contributed by atoms with Gasteiger partial charge in [-0.2, -0.15) is 0 Å². The van der Waals surface area contributed by atoms with Crippen molar-refractivity contribution in [3.8, 4) is 0 Å². The van der Waals surface area contributed by atoms with Gasteiger partial charge in [0.15, 0.2) is 5.69 Å². The van der Waals surface area contributed by atoms with Crippen molar-refractivity contribution in [1.29, 1.82) is 0 Å². The van der Waals surface area contributed by atoms with Crippen LogP contribution in [0.15, 0.2) is 23.0 Å². The molecule has 0 aliphatic carbocycles. The number of nitrogens with zero attached hydrogens (tertiary/aromatic N) is 5. The van der Waals surface area contributed by atoms with E-state index < -0.39 is 0 Å². The molecule has 130 valence electrons. The summed E-state index contributed by atoms with van der Waals surface area (Å²) < 4.78 is 7.21. The van der Waals surface area contributed by atoms with E-state index in [1.807, 2.05) is 11.1 Å². The number of carbonyl (C=O) groups excluding carboxylic acids is 1. The van der Waals surface area contributed by atoms with Crippen LogP contribution < -0.4 is 0 Å². The lowest BCUT2D eigenvalue weighted by Gasteiger charge is -2.29. The van der Waals surface area contributed by atoms with Crippen LogP contribution in [0.2, 0.25) is 0 Å². The van der Waals surface area contributed by atoms with E-state index in [-0.39, 0.29) is 5.91 Å². The van der Waals surface area contributed by atoms with Gasteiger partial charge in [-0.25, -0.2) is 4.98 Å². The molecule has 7 nitrogen and oxygen atoms in total. The van der Waals surface area contributed by atoms with E-state index in [0.717, 1.165) is 18.9 Å². The molecule has 0 fully saturated rings. The molecule has 3 heterocycles. The molecule has 0 bridgehead atoms. The van der Waals surface area contributed by atoms with Crippen LogP contribution in [0.4, 0.5) is 0 Å². The number of aryl methyl sites for hydroxylation is 1. The van der Waals surface area contributed by atoms with Gasteiger partial charge in [0, 0.05) is 50.1 Å². The number of carbonyl (C=O) groups is 1. The minimum absolute atomic E-state index is 0.0968. The van der Waals surface area contributed by atoms with E-state index >= 15 is 0 Å². The van der Waals surface area contributed by atoms with Gasteiger partial charge in [0.2, 0.25) is 0 Å². The molecule has 3 rings (SSSR count). The topological polar surface area (TPSA) is 67.4 Å². The van der Waals surface area contributed by atoms with Gasteiger partial charge in [-0.1, -0.05) is 5.16 Å². The summed E-state index contributed by atoms with van der Waals surface area (Å²) in [5, 5.41) is 3.88. The van der Waals surface area contributed by atoms with Gasteiger partial charge < -0.3 is 18.9 Å². The molecule has 7 heteroatoms. The van der Waals surface area contributed by atoms with Crippen LogP contribution in [0.3, 0.4) is 0 Å². The highest BCUT2D eigenvalue weighted by Gasteiger charge is 2.28. The van der Waals surface area contributed by atoms with Gasteiger partial charge in [-0.05, 0) is 27.8 Å². The molecule has 0 saturated carbocycles. The van der Waals surface area contributed by atoms with Gasteiger partial charge in [-0.15, -0.1) is 0 Å². The first-order valence-electron chi connectivity index (χ1n) is 8.37. The van der Waals surface area contributed by atoms with E-state index in [0.29, 0.717) is 36.5 Å². The second-order valence-corrected chi connectivity index (χ2v) is 6.90. The second kappa shape index (κ2) is 6.76. The standard InChI is InChI=1S/C17H25N5O2/c1-12(2)20(4)8-14-9-21-6-5-18-16(21)11-22(10-14)17(23)15-7-13(3)24-19-15/h5-7,12,14H,8-11H2,1-4H3/t14-/m1/s1. The lowest BCUT2D eigenvalue weighted by Crippen LogP contribution is -2.40. The van der Waals surface area contributed by atoms with Crippen LogP contribution in [0.1, 0.15) is 35.9 Å². The van der Waals surface area contributed by atoms with Gasteiger partial charge in [0.25, 0.3) is 5.91 Å². The summed E-state index contributed by atoms with van der Waals surface area (Å²) in [6.07, 6.45) is 3.79. The smallest absolute Gasteiger partial charge is 0.276 e. The molecule has 1 aliphatic heterocycles. The number of rotatable bonds is 4. The maximum atomic E-state index is 12.8. The first-order chi connectivity index (χ1) is 11.4. The Labute approximate surface area is 142 Å². The number of hydrogen-bond donors (Lipinski definition) is 0. The Hall–Kier alpha value is -2.15. The molecule has 0 unspecified atom stereocenters. The maximum absolute atomic E-state index is 12.8. The SMILES string of the molecule is Cc1cc(C(=O)N2Cc3nccn3C[C@@H](CN(C)C(C)C)C2)no1. The van der Waals surface area contributed by atoms with Crippen LogP contribution in [0.5, 0.6) is 0 Å². The predicted octanol–water partition coefficient (Wildman–Crippen LogP) is 1.79. The second-order valence-electron chi connectivity index (χ2n) is 6.90. The van der Waals surface area contributed by atoms with E-state index in [2.05, 4.69) is 40.5 Å². The van der Waals surface area contributed by atoms with Gasteiger partial charge >= 0.3 is 0 Å². The van der Waals surface area contributed by atoms with E-state index in [1.165, 1.54) is 0 Å². The summed E-state index contributed by atoms with van der Waals surface area (Å²) >= 11 is 0. The predicted molar refractivity (Wildman–Crippen MR) is 89.5 cm³/mol. The fraction of sp³-hybridized carbons (Fsp3) is 0.588. The van der Waals surface area contributed by atoms with Crippen molar-refractivity contribution < 1.29 is 9.32 Å². The van der Waals surface area contributed by atoms with E-state index in [9.17, 15) is 4.79 Å². The lowest BCUT2D eigenvalue weighted by atomic mass is 10.1. The molecule has 0 N–H and O–H groups in total. The van der Waals surface area contributed by atoms with Crippen molar-refractivity contribution in [1.82, 2.24) is 24.5 Å². The average Bonchev–Trinajstić information content (AvgIpc) is 3.11. The Bertz CT molecular complexity index is 705. The van der Waals surface area contributed by atoms with Crippen molar-refractivity contribution >= 4 is 5.91 Å². The zero-order chi connectivity index (χ0) is 17.3. The Morgan fingerprint density at radius 1 is 1.46 bits per heavy atom. The molecule has 0 aromatic carbocycles. The fourth-order valence-electron chi connectivity index (χ4n) is 3.06. The highest BCUT2D eigenvalue weighted by Crippen LogP contribution is 2.19. The summed E-state index contributed by atoms with van der Waals surface area (Å²) in [6, 6.07) is 2.16. The van der Waals surface area contributed by atoms with Crippen molar-refractivity contribution in [2.24, 2.45) is 5.92 Å². The molecular formula is C17H25N5O2. The van der Waals surface area contributed by atoms with Crippen LogP contribution in [-0.2, 0) is 13.1 Å². The summed E-state index contributed by atoms with van der Waals surface area (Å²) in [5.41, 5.74) is 0.364. The third-order valence-electron chi connectivity index (χ3n) is 4.63. The lowest BCUT2D eigenvalue weighted by molar-refractivity contribution is 0.0692. The Morgan fingerprint density at radius 2 is 2.25 bits per heavy atom. The number of aromatic nitrogens is 3. The van der Waals surface area contributed by atoms with Crippen LogP contribution in [0, 0.1) is 12.8 Å². The molecule has 1 amide bonds. The molecule has 0 saturated heterocycles. The quantitative estimate of drug-likeness (QED) is 0.854. The van der Waals surface area contributed by atoms with Gasteiger partial charge in [0.1, 0.15) is 11.6 Å². The Kier molecular flexibility index (Phi) is 4.71. The van der Waals surface area contributed by atoms with Crippen LogP contribution in [-0.4, -0.2) is 56.6 Å². The first-order valence-corrected chi connectivity index (χ1v) is 8.37. The highest BCUT2D eigenvalue weighted by atomic mass is 16.5. The molecule has 1 atom stereocenters. The number of hydrogen-bond acceptors (Lipinski definition) is 5. The summed E-state index contributed by atoms with van der Waals surface area (Å²) in [5.74, 6) is 1.80. The highest BCUT2D eigenvalue weighted by molar-refractivity contribution is 5.92. The molecule has 0 spiro atoms. The van der Waals surface area contributed by atoms with Crippen LogP contribution >= 0.6 is 0 Å². The number of amides is 1. The third kappa shape index (κ3) is 3.51.